The summed E-state index contributed by atoms with van der Waals surface area (Å²) < 4.78 is 135. The minimum atomic E-state index is -7.43. The fourth-order valence-electron chi connectivity index (χ4n) is 1.98. The maximum atomic E-state index is 12.2. The van der Waals surface area contributed by atoms with Crippen molar-refractivity contribution < 1.29 is 57.3 Å². The summed E-state index contributed by atoms with van der Waals surface area (Å²) >= 11 is 1.40. The van der Waals surface area contributed by atoms with E-state index in [1.165, 1.54) is 30.4 Å². The van der Waals surface area contributed by atoms with Gasteiger partial charge in [0.1, 0.15) is 5.75 Å². The molecule has 0 saturated carbocycles. The lowest BCUT2D eigenvalue weighted by molar-refractivity contribution is -0.382. The van der Waals surface area contributed by atoms with Gasteiger partial charge in [-0.05, 0) is 31.0 Å². The predicted octanol–water partition coefficient (Wildman–Crippen LogP) is 3.68. The second-order valence-electron chi connectivity index (χ2n) is 5.75. The van der Waals surface area contributed by atoms with Crippen LogP contribution in [0.4, 0.5) is 39.5 Å². The second kappa shape index (κ2) is 9.41. The van der Waals surface area contributed by atoms with Crippen molar-refractivity contribution in [1.82, 2.24) is 0 Å². The zero-order chi connectivity index (χ0) is 22.6. The van der Waals surface area contributed by atoms with Crippen LogP contribution in [0.5, 0.6) is 0 Å². The molecule has 0 aliphatic carbocycles. The lowest BCUT2D eigenvalue weighted by Crippen LogP contribution is -2.63. The van der Waals surface area contributed by atoms with E-state index in [-0.39, 0.29) is 0 Å². The number of alkyl halides is 9. The molecular weight excluding hydrogens is 455 g/mol. The van der Waals surface area contributed by atoms with Gasteiger partial charge in [-0.25, -0.2) is 8.42 Å². The van der Waals surface area contributed by atoms with Gasteiger partial charge in [0.05, 0.1) is 0 Å². The zero-order valence-corrected chi connectivity index (χ0v) is 15.9. The van der Waals surface area contributed by atoms with E-state index in [4.69, 9.17) is 0 Å². The fourth-order valence-corrected chi connectivity index (χ4v) is 3.84. The van der Waals surface area contributed by atoms with E-state index in [0.717, 1.165) is 19.3 Å². The van der Waals surface area contributed by atoms with Gasteiger partial charge >= 0.3 is 23.3 Å². The molecule has 4 nitrogen and oxygen atoms in total. The summed E-state index contributed by atoms with van der Waals surface area (Å²) in [5, 5.41) is -6.71. The van der Waals surface area contributed by atoms with Gasteiger partial charge in [0.2, 0.25) is 0 Å². The van der Waals surface area contributed by atoms with Crippen molar-refractivity contribution in [3.63, 3.8) is 0 Å². The molecule has 168 valence electrons. The monoisotopic (exact) mass is 472 g/mol. The van der Waals surface area contributed by atoms with Crippen molar-refractivity contribution in [3.05, 3.63) is 0 Å². The first-order valence-corrected chi connectivity index (χ1v) is 10.2. The molecule has 1 aliphatic rings. The molecule has 0 amide bonds. The third kappa shape index (κ3) is 5.90. The molecule has 1 saturated heterocycles. The standard InChI is InChI=1S/C9H16OS.C4HF9O3S/c1-2-5-8(10)9-6-3-4-7-11-9;5-1(6,3(9,10)11)2(7,8)4(12,13)17(14,15)16/h9H,2-7H2,1H3;(H,14,15,16). The Morgan fingerprint density at radius 3 is 1.82 bits per heavy atom. The Labute approximate surface area is 159 Å². The maximum Gasteiger partial charge on any atom is 0.460 e. The van der Waals surface area contributed by atoms with E-state index in [1.54, 1.807) is 0 Å². The molecule has 1 atom stereocenters. The lowest BCUT2D eigenvalue weighted by atomic mass is 10.1. The third-order valence-corrected chi connectivity index (χ3v) is 5.98. The fraction of sp³-hybridized carbons (Fsp3) is 0.923. The SMILES string of the molecule is CCCC(=O)C1CCCC[SH+]1.O=S(=O)([O-])C(F)(F)C(F)(F)C(F)(F)C(F)(F)F. The molecule has 1 aliphatic heterocycles. The molecule has 0 bridgehead atoms. The van der Waals surface area contributed by atoms with Gasteiger partial charge in [-0.3, -0.25) is 4.79 Å². The molecule has 28 heavy (non-hydrogen) atoms. The van der Waals surface area contributed by atoms with Gasteiger partial charge in [-0.15, -0.1) is 0 Å². The maximum absolute atomic E-state index is 12.2. The lowest BCUT2D eigenvalue weighted by Gasteiger charge is -2.34. The summed E-state index contributed by atoms with van der Waals surface area (Å²) in [6.45, 7) is 2.08. The van der Waals surface area contributed by atoms with Gasteiger partial charge in [0.25, 0.3) is 0 Å². The van der Waals surface area contributed by atoms with Crippen LogP contribution >= 0.6 is 0 Å². The first kappa shape index (κ1) is 27.3. The van der Waals surface area contributed by atoms with Crippen molar-refractivity contribution in [2.45, 2.75) is 67.6 Å². The topological polar surface area (TPSA) is 74.3 Å². The molecule has 1 fully saturated rings. The van der Waals surface area contributed by atoms with Crippen molar-refractivity contribution in [2.75, 3.05) is 5.75 Å². The normalized spacial score (nSPS) is 19.6. The van der Waals surface area contributed by atoms with E-state index < -0.39 is 33.4 Å². The van der Waals surface area contributed by atoms with Crippen molar-refractivity contribution in [3.8, 4) is 0 Å². The number of carbonyl (C=O) groups excluding carboxylic acids is 1. The van der Waals surface area contributed by atoms with Gasteiger partial charge in [-0.1, -0.05) is 6.92 Å². The Morgan fingerprint density at radius 2 is 1.50 bits per heavy atom. The van der Waals surface area contributed by atoms with E-state index in [2.05, 4.69) is 6.92 Å². The van der Waals surface area contributed by atoms with Crippen LogP contribution in [0.25, 0.3) is 0 Å². The third-order valence-electron chi connectivity index (χ3n) is 3.53. The average molecular weight is 472 g/mol. The highest BCUT2D eigenvalue weighted by Gasteiger charge is 2.83. The summed E-state index contributed by atoms with van der Waals surface area (Å²) in [7, 11) is -7.42. The summed E-state index contributed by atoms with van der Waals surface area (Å²) in [6.07, 6.45) is -1.59. The van der Waals surface area contributed by atoms with E-state index in [0.29, 0.717) is 11.0 Å². The van der Waals surface area contributed by atoms with Crippen LogP contribution in [-0.4, -0.2) is 53.0 Å². The largest absolute Gasteiger partial charge is 0.743 e. The van der Waals surface area contributed by atoms with Crippen molar-refractivity contribution >= 4 is 27.7 Å². The number of hydrogen-bond acceptors (Lipinski definition) is 4. The quantitative estimate of drug-likeness (QED) is 0.256. The predicted molar refractivity (Wildman–Crippen MR) is 81.8 cm³/mol. The van der Waals surface area contributed by atoms with Crippen LogP contribution in [0.1, 0.15) is 39.0 Å². The first-order chi connectivity index (χ1) is 12.3. The van der Waals surface area contributed by atoms with Crippen LogP contribution in [0.2, 0.25) is 0 Å². The smallest absolute Gasteiger partial charge is 0.460 e. The van der Waals surface area contributed by atoms with Gasteiger partial charge in [-0.2, -0.15) is 39.5 Å². The average Bonchev–Trinajstić information content (AvgIpc) is 2.54. The molecule has 0 aromatic heterocycles. The Hall–Kier alpha value is -0.700. The highest BCUT2D eigenvalue weighted by Crippen LogP contribution is 2.54. The van der Waals surface area contributed by atoms with Gasteiger partial charge < -0.3 is 4.55 Å². The molecule has 0 aromatic rings. The van der Waals surface area contributed by atoms with Crippen LogP contribution < -0.4 is 0 Å². The number of carbonyl (C=O) groups is 1. The Balaban J connectivity index is 0.000000567. The van der Waals surface area contributed by atoms with Crippen LogP contribution in [0.15, 0.2) is 0 Å². The Morgan fingerprint density at radius 1 is 1.00 bits per heavy atom. The summed E-state index contributed by atoms with van der Waals surface area (Å²) in [5.74, 6) is -13.1. The molecule has 1 unspecified atom stereocenters. The van der Waals surface area contributed by atoms with E-state index >= 15 is 0 Å². The molecule has 15 heteroatoms. The Bertz CT molecular complexity index is 626. The molecule has 1 heterocycles. The van der Waals surface area contributed by atoms with Crippen LogP contribution in [-0.2, 0) is 26.7 Å². The number of rotatable bonds is 6. The van der Waals surface area contributed by atoms with Crippen molar-refractivity contribution in [1.29, 1.82) is 0 Å². The molecular formula is C13H17F9O4S2. The summed E-state index contributed by atoms with van der Waals surface area (Å²) in [6, 6.07) is 0. The van der Waals surface area contributed by atoms with E-state index in [9.17, 15) is 57.3 Å². The Kier molecular flexibility index (Phi) is 9.17. The number of thiol groups is 1. The molecule has 1 rings (SSSR count). The number of ketones is 1. The zero-order valence-electron chi connectivity index (χ0n) is 14.2. The first-order valence-electron chi connectivity index (χ1n) is 7.69. The number of Topliss-reactive ketones (excluding diaryl/α,β-unsaturated/α-hetero) is 1. The highest BCUT2D eigenvalue weighted by atomic mass is 32.2. The van der Waals surface area contributed by atoms with Gasteiger partial charge in [0.15, 0.2) is 21.2 Å². The van der Waals surface area contributed by atoms with Crippen LogP contribution in [0.3, 0.4) is 0 Å². The molecule has 0 radical (unpaired) electrons. The molecule has 0 spiro atoms. The number of hydrogen-bond donors (Lipinski definition) is 0. The summed E-state index contributed by atoms with van der Waals surface area (Å²) in [5.41, 5.74) is 0. The van der Waals surface area contributed by atoms with Crippen molar-refractivity contribution in [2.24, 2.45) is 0 Å². The minimum absolute atomic E-state index is 0.406. The van der Waals surface area contributed by atoms with E-state index in [1.807, 2.05) is 0 Å². The van der Waals surface area contributed by atoms with Crippen LogP contribution in [0, 0.1) is 0 Å². The van der Waals surface area contributed by atoms with Gasteiger partial charge in [0, 0.05) is 12.8 Å². The molecule has 0 N–H and O–H groups in total. The number of halogens is 9. The minimum Gasteiger partial charge on any atom is -0.743 e. The second-order valence-corrected chi connectivity index (χ2v) is 8.61. The molecule has 0 aromatic carbocycles. The summed E-state index contributed by atoms with van der Waals surface area (Å²) in [4.78, 5) is 11.4. The highest BCUT2D eigenvalue weighted by molar-refractivity contribution is 7.86.